The van der Waals surface area contributed by atoms with Crippen molar-refractivity contribution in [3.05, 3.63) is 102 Å². The van der Waals surface area contributed by atoms with E-state index in [9.17, 15) is 5.11 Å². The van der Waals surface area contributed by atoms with Gasteiger partial charge in [-0.05, 0) is 123 Å². The molecular weight excluding hydrogens is 456 g/mol. The predicted octanol–water partition coefficient (Wildman–Crippen LogP) is 9.78. The molecular formula is C34H22O3. The van der Waals surface area contributed by atoms with Gasteiger partial charge in [0.05, 0.1) is 5.39 Å². The van der Waals surface area contributed by atoms with Crippen LogP contribution in [-0.4, -0.2) is 5.11 Å². The maximum Gasteiger partial charge on any atom is 0.212 e. The minimum atomic E-state index is 0.103. The van der Waals surface area contributed by atoms with Crippen molar-refractivity contribution in [3.63, 3.8) is 0 Å². The van der Waals surface area contributed by atoms with Crippen LogP contribution in [0.3, 0.4) is 0 Å². The standard InChI is InChI=1S/C34H22O3/c1-18-7-22-11-25-14-29-31(16-27(25)12-23(22)8-19(18)2)37-34(33(29)35)32-17-28-13-24-9-20-5-3-4-6-21(20)10-26(24)15-30(28)36-32/h3-17,35H,1-2H3. The lowest BCUT2D eigenvalue weighted by atomic mass is 9.98. The molecule has 0 amide bonds. The Labute approximate surface area is 212 Å². The first kappa shape index (κ1) is 20.4. The summed E-state index contributed by atoms with van der Waals surface area (Å²) in [6.45, 7) is 4.27. The molecule has 0 bridgehead atoms. The molecule has 1 N–H and O–H groups in total. The van der Waals surface area contributed by atoms with Gasteiger partial charge in [0.25, 0.3) is 0 Å². The third-order valence-corrected chi connectivity index (χ3v) is 7.75. The Balaban J connectivity index is 1.31. The van der Waals surface area contributed by atoms with Crippen LogP contribution in [0.5, 0.6) is 5.75 Å². The van der Waals surface area contributed by atoms with Crippen molar-refractivity contribution in [1.82, 2.24) is 0 Å². The van der Waals surface area contributed by atoms with Gasteiger partial charge >= 0.3 is 0 Å². The second-order valence-corrected chi connectivity index (χ2v) is 10.2. The van der Waals surface area contributed by atoms with E-state index in [0.29, 0.717) is 22.5 Å². The summed E-state index contributed by atoms with van der Waals surface area (Å²) < 4.78 is 12.4. The lowest BCUT2D eigenvalue weighted by Gasteiger charge is -2.06. The second kappa shape index (κ2) is 7.14. The highest BCUT2D eigenvalue weighted by molar-refractivity contribution is 6.07. The summed E-state index contributed by atoms with van der Waals surface area (Å²) in [5.74, 6) is 0.974. The highest BCUT2D eigenvalue weighted by Crippen LogP contribution is 2.43. The first-order chi connectivity index (χ1) is 18.0. The van der Waals surface area contributed by atoms with Gasteiger partial charge in [-0.2, -0.15) is 0 Å². The predicted molar refractivity (Wildman–Crippen MR) is 153 cm³/mol. The fourth-order valence-corrected chi connectivity index (χ4v) is 5.62. The molecule has 37 heavy (non-hydrogen) atoms. The molecule has 8 rings (SSSR count). The third-order valence-electron chi connectivity index (χ3n) is 7.75. The fraction of sp³-hybridized carbons (Fsp3) is 0.0588. The smallest absolute Gasteiger partial charge is 0.212 e. The molecule has 0 spiro atoms. The Morgan fingerprint density at radius 1 is 0.486 bits per heavy atom. The summed E-state index contributed by atoms with van der Waals surface area (Å²) in [6, 6.07) is 31.7. The molecule has 0 radical (unpaired) electrons. The molecule has 2 aromatic heterocycles. The van der Waals surface area contributed by atoms with E-state index in [0.717, 1.165) is 32.5 Å². The van der Waals surface area contributed by atoms with E-state index in [1.807, 2.05) is 18.2 Å². The first-order valence-electron chi connectivity index (χ1n) is 12.5. The average molecular weight is 479 g/mol. The van der Waals surface area contributed by atoms with Gasteiger partial charge in [-0.25, -0.2) is 0 Å². The largest absolute Gasteiger partial charge is 0.504 e. The zero-order chi connectivity index (χ0) is 24.8. The van der Waals surface area contributed by atoms with Crippen LogP contribution in [-0.2, 0) is 0 Å². The Bertz CT molecular complexity index is 2150. The van der Waals surface area contributed by atoms with Crippen LogP contribution < -0.4 is 0 Å². The highest BCUT2D eigenvalue weighted by atomic mass is 16.4. The van der Waals surface area contributed by atoms with Gasteiger partial charge < -0.3 is 13.9 Å². The number of benzene rings is 6. The molecule has 0 atom stereocenters. The van der Waals surface area contributed by atoms with E-state index >= 15 is 0 Å². The van der Waals surface area contributed by atoms with Crippen LogP contribution in [0.25, 0.3) is 76.5 Å². The minimum Gasteiger partial charge on any atom is -0.504 e. The molecule has 8 aromatic rings. The zero-order valence-electron chi connectivity index (χ0n) is 20.4. The summed E-state index contributed by atoms with van der Waals surface area (Å²) in [6.07, 6.45) is 0. The van der Waals surface area contributed by atoms with Gasteiger partial charge in [0.15, 0.2) is 11.5 Å². The zero-order valence-corrected chi connectivity index (χ0v) is 20.4. The molecule has 0 aliphatic rings. The molecule has 0 unspecified atom stereocenters. The summed E-state index contributed by atoms with van der Waals surface area (Å²) >= 11 is 0. The van der Waals surface area contributed by atoms with E-state index in [1.165, 1.54) is 32.7 Å². The van der Waals surface area contributed by atoms with Gasteiger partial charge in [-0.3, -0.25) is 0 Å². The molecule has 6 aromatic carbocycles. The van der Waals surface area contributed by atoms with Gasteiger partial charge in [-0.1, -0.05) is 36.4 Å². The fourth-order valence-electron chi connectivity index (χ4n) is 5.62. The molecule has 3 nitrogen and oxygen atoms in total. The summed E-state index contributed by atoms with van der Waals surface area (Å²) in [4.78, 5) is 0. The van der Waals surface area contributed by atoms with Crippen molar-refractivity contribution in [3.8, 4) is 17.3 Å². The van der Waals surface area contributed by atoms with Crippen molar-refractivity contribution in [2.24, 2.45) is 0 Å². The molecule has 0 aliphatic heterocycles. The number of aromatic hydroxyl groups is 1. The molecule has 0 saturated heterocycles. The molecule has 0 saturated carbocycles. The van der Waals surface area contributed by atoms with Crippen molar-refractivity contribution in [2.45, 2.75) is 13.8 Å². The quantitative estimate of drug-likeness (QED) is 0.239. The van der Waals surface area contributed by atoms with E-state index in [2.05, 4.69) is 86.6 Å². The van der Waals surface area contributed by atoms with E-state index in [4.69, 9.17) is 8.83 Å². The Kier molecular flexibility index (Phi) is 3.95. The van der Waals surface area contributed by atoms with E-state index in [1.54, 1.807) is 0 Å². The van der Waals surface area contributed by atoms with Crippen molar-refractivity contribution >= 4 is 65.0 Å². The number of rotatable bonds is 1. The second-order valence-electron chi connectivity index (χ2n) is 10.2. The lowest BCUT2D eigenvalue weighted by molar-refractivity contribution is 0.463. The molecule has 2 heterocycles. The van der Waals surface area contributed by atoms with Crippen molar-refractivity contribution < 1.29 is 13.9 Å². The van der Waals surface area contributed by atoms with Crippen LogP contribution in [0.15, 0.2) is 99.8 Å². The summed E-state index contributed by atoms with van der Waals surface area (Å²) in [5.41, 5.74) is 3.95. The Morgan fingerprint density at radius 2 is 1.00 bits per heavy atom. The normalized spacial score (nSPS) is 12.2. The number of furan rings is 2. The molecule has 3 heteroatoms. The number of hydrogen-bond donors (Lipinski definition) is 1. The number of hydrogen-bond acceptors (Lipinski definition) is 3. The minimum absolute atomic E-state index is 0.103. The van der Waals surface area contributed by atoms with Crippen LogP contribution in [0.4, 0.5) is 0 Å². The molecule has 0 fully saturated rings. The third kappa shape index (κ3) is 3.01. The number of aryl methyl sites for hydroxylation is 2. The molecule has 176 valence electrons. The van der Waals surface area contributed by atoms with Crippen LogP contribution in [0, 0.1) is 13.8 Å². The van der Waals surface area contributed by atoms with E-state index in [-0.39, 0.29) is 5.75 Å². The van der Waals surface area contributed by atoms with Crippen molar-refractivity contribution in [2.75, 3.05) is 0 Å². The van der Waals surface area contributed by atoms with Gasteiger partial charge in [-0.15, -0.1) is 0 Å². The summed E-state index contributed by atoms with van der Waals surface area (Å²) in [7, 11) is 0. The van der Waals surface area contributed by atoms with Crippen LogP contribution in [0.1, 0.15) is 11.1 Å². The molecule has 0 aliphatic carbocycles. The van der Waals surface area contributed by atoms with Crippen molar-refractivity contribution in [1.29, 1.82) is 0 Å². The monoisotopic (exact) mass is 478 g/mol. The van der Waals surface area contributed by atoms with Gasteiger partial charge in [0, 0.05) is 5.39 Å². The maximum absolute atomic E-state index is 11.2. The van der Waals surface area contributed by atoms with Crippen LogP contribution in [0.2, 0.25) is 0 Å². The van der Waals surface area contributed by atoms with Gasteiger partial charge in [0.1, 0.15) is 11.2 Å². The maximum atomic E-state index is 11.2. The SMILES string of the molecule is Cc1cc2cc3cc4oc(-c5cc6cc7cc8ccccc8cc7cc6o5)c(O)c4cc3cc2cc1C. The highest BCUT2D eigenvalue weighted by Gasteiger charge is 2.20. The Hall–Kier alpha value is -4.76. The lowest BCUT2D eigenvalue weighted by Crippen LogP contribution is -1.83. The first-order valence-corrected chi connectivity index (χ1v) is 12.5. The number of fused-ring (bicyclic) bond motifs is 6. The van der Waals surface area contributed by atoms with Crippen LogP contribution >= 0.6 is 0 Å². The van der Waals surface area contributed by atoms with Gasteiger partial charge in [0.2, 0.25) is 5.76 Å². The topological polar surface area (TPSA) is 46.5 Å². The summed E-state index contributed by atoms with van der Waals surface area (Å²) in [5, 5.41) is 22.0. The van der Waals surface area contributed by atoms with E-state index < -0.39 is 0 Å². The Morgan fingerprint density at radius 3 is 1.68 bits per heavy atom. The average Bonchev–Trinajstić information content (AvgIpc) is 3.44.